The van der Waals surface area contributed by atoms with Gasteiger partial charge in [0.2, 0.25) is 10.0 Å². The highest BCUT2D eigenvalue weighted by atomic mass is 32.2. The van der Waals surface area contributed by atoms with Crippen molar-refractivity contribution in [2.75, 3.05) is 20.2 Å². The summed E-state index contributed by atoms with van der Waals surface area (Å²) in [5.41, 5.74) is 2.12. The SMILES string of the molecule is CO[C@H]1C(=O)N(C2CCN(S(=O)(=O)c3c(C)nn(C)c3C)CC2)[C@H]1c1ccncc1. The molecule has 162 valence electrons. The molecule has 2 fully saturated rings. The molecule has 2 atom stereocenters. The Hall–Kier alpha value is -2.30. The molecule has 0 N–H and O–H groups in total. The van der Waals surface area contributed by atoms with Crippen molar-refractivity contribution in [1.29, 1.82) is 0 Å². The van der Waals surface area contributed by atoms with E-state index in [9.17, 15) is 13.2 Å². The van der Waals surface area contributed by atoms with Crippen LogP contribution in [-0.2, 0) is 26.6 Å². The Morgan fingerprint density at radius 1 is 1.13 bits per heavy atom. The summed E-state index contributed by atoms with van der Waals surface area (Å²) in [5, 5.41) is 4.25. The number of likely N-dealkylation sites (tertiary alicyclic amines) is 1. The molecule has 2 aliphatic rings. The molecule has 0 saturated carbocycles. The second-order valence-electron chi connectivity index (χ2n) is 7.89. The Morgan fingerprint density at radius 2 is 1.77 bits per heavy atom. The van der Waals surface area contributed by atoms with Crippen LogP contribution >= 0.6 is 0 Å². The summed E-state index contributed by atoms with van der Waals surface area (Å²) in [6, 6.07) is 3.60. The summed E-state index contributed by atoms with van der Waals surface area (Å²) < 4.78 is 35.0. The Balaban J connectivity index is 1.51. The van der Waals surface area contributed by atoms with Crippen molar-refractivity contribution in [2.45, 2.75) is 49.8 Å². The molecule has 4 heterocycles. The van der Waals surface area contributed by atoms with Crippen molar-refractivity contribution < 1.29 is 17.9 Å². The summed E-state index contributed by atoms with van der Waals surface area (Å²) in [6.45, 7) is 4.22. The van der Waals surface area contributed by atoms with Crippen LogP contribution in [0.25, 0.3) is 0 Å². The van der Waals surface area contributed by atoms with Crippen molar-refractivity contribution in [3.8, 4) is 0 Å². The first-order valence-corrected chi connectivity index (χ1v) is 11.5. The van der Waals surface area contributed by atoms with Crippen LogP contribution in [0.1, 0.15) is 35.8 Å². The number of piperidine rings is 1. The molecule has 0 aromatic carbocycles. The molecule has 1 amide bonds. The maximum Gasteiger partial charge on any atom is 0.255 e. The van der Waals surface area contributed by atoms with Crippen LogP contribution in [-0.4, -0.2) is 70.6 Å². The van der Waals surface area contributed by atoms with E-state index in [1.165, 1.54) is 4.31 Å². The van der Waals surface area contributed by atoms with Crippen LogP contribution < -0.4 is 0 Å². The molecule has 30 heavy (non-hydrogen) atoms. The summed E-state index contributed by atoms with van der Waals surface area (Å²) in [6.07, 6.45) is 4.07. The van der Waals surface area contributed by atoms with Gasteiger partial charge in [0.05, 0.1) is 17.4 Å². The number of amides is 1. The molecular formula is C20H27N5O4S. The number of pyridine rings is 1. The first-order chi connectivity index (χ1) is 14.3. The Kier molecular flexibility index (Phi) is 5.41. The molecule has 10 heteroatoms. The molecule has 2 saturated heterocycles. The number of hydrogen-bond donors (Lipinski definition) is 0. The van der Waals surface area contributed by atoms with Crippen molar-refractivity contribution in [3.63, 3.8) is 0 Å². The third-order valence-corrected chi connectivity index (χ3v) is 8.39. The first-order valence-electron chi connectivity index (χ1n) is 10.0. The molecule has 2 aliphatic heterocycles. The van der Waals surface area contributed by atoms with Gasteiger partial charge in [0.1, 0.15) is 4.90 Å². The highest BCUT2D eigenvalue weighted by Crippen LogP contribution is 2.41. The normalized spacial score (nSPS) is 23.6. The second-order valence-corrected chi connectivity index (χ2v) is 9.76. The number of nitrogens with zero attached hydrogens (tertiary/aromatic N) is 5. The zero-order valence-electron chi connectivity index (χ0n) is 17.6. The minimum Gasteiger partial charge on any atom is -0.369 e. The van der Waals surface area contributed by atoms with Gasteiger partial charge in [-0.15, -0.1) is 0 Å². The molecule has 4 rings (SSSR count). The lowest BCUT2D eigenvalue weighted by Gasteiger charge is -2.52. The van der Waals surface area contributed by atoms with Crippen molar-refractivity contribution in [2.24, 2.45) is 7.05 Å². The van der Waals surface area contributed by atoms with Crippen molar-refractivity contribution >= 4 is 15.9 Å². The number of methoxy groups -OCH3 is 1. The van der Waals surface area contributed by atoms with E-state index in [-0.39, 0.29) is 22.9 Å². The van der Waals surface area contributed by atoms with Crippen LogP contribution in [0.4, 0.5) is 0 Å². The van der Waals surface area contributed by atoms with Crippen LogP contribution in [0.5, 0.6) is 0 Å². The predicted molar refractivity (Wildman–Crippen MR) is 109 cm³/mol. The fourth-order valence-electron chi connectivity index (χ4n) is 4.63. The highest BCUT2D eigenvalue weighted by molar-refractivity contribution is 7.89. The van der Waals surface area contributed by atoms with Crippen molar-refractivity contribution in [3.05, 3.63) is 41.5 Å². The molecule has 0 aliphatic carbocycles. The summed E-state index contributed by atoms with van der Waals surface area (Å²) in [4.78, 5) is 18.9. The van der Waals surface area contributed by atoms with Crippen LogP contribution in [0.15, 0.2) is 29.4 Å². The van der Waals surface area contributed by atoms with E-state index in [1.54, 1.807) is 45.1 Å². The molecule has 0 spiro atoms. The molecule has 2 aromatic rings. The third kappa shape index (κ3) is 3.23. The maximum atomic E-state index is 13.2. The first kappa shape index (κ1) is 21.0. The molecule has 9 nitrogen and oxygen atoms in total. The van der Waals surface area contributed by atoms with Gasteiger partial charge in [0.25, 0.3) is 5.91 Å². The van der Waals surface area contributed by atoms with E-state index in [0.29, 0.717) is 37.3 Å². The van der Waals surface area contributed by atoms with E-state index in [0.717, 1.165) is 5.56 Å². The number of sulfonamides is 1. The van der Waals surface area contributed by atoms with Gasteiger partial charge in [0, 0.05) is 45.7 Å². The zero-order chi connectivity index (χ0) is 21.6. The minimum atomic E-state index is -3.62. The number of aryl methyl sites for hydroxylation is 2. The summed E-state index contributed by atoms with van der Waals surface area (Å²) in [5.74, 6) is -0.0421. The third-order valence-electron chi connectivity index (χ3n) is 6.24. The Morgan fingerprint density at radius 3 is 2.30 bits per heavy atom. The smallest absolute Gasteiger partial charge is 0.255 e. The number of β-lactam (4-membered cyclic amide) rings is 1. The van der Waals surface area contributed by atoms with Crippen LogP contribution in [0, 0.1) is 13.8 Å². The number of aromatic nitrogens is 3. The molecule has 0 radical (unpaired) electrons. The van der Waals surface area contributed by atoms with E-state index >= 15 is 0 Å². The van der Waals surface area contributed by atoms with E-state index in [1.807, 2.05) is 17.0 Å². The van der Waals surface area contributed by atoms with Gasteiger partial charge in [-0.25, -0.2) is 8.42 Å². The highest BCUT2D eigenvalue weighted by Gasteiger charge is 2.52. The standard InChI is InChI=1S/C20H27N5O4S/c1-13-19(14(2)23(3)22-13)30(27,28)24-11-7-16(8-12-24)25-17(18(29-4)20(25)26)15-5-9-21-10-6-15/h5-6,9-10,16-18H,7-8,11-12H2,1-4H3/t17-,18+/m0/s1. The average Bonchev–Trinajstić information content (AvgIpc) is 2.99. The Bertz CT molecular complexity index is 1040. The average molecular weight is 434 g/mol. The molecular weight excluding hydrogens is 406 g/mol. The fourth-order valence-corrected chi connectivity index (χ4v) is 6.50. The fraction of sp³-hybridized carbons (Fsp3) is 0.550. The lowest BCUT2D eigenvalue weighted by Crippen LogP contribution is -2.64. The van der Waals surface area contributed by atoms with Gasteiger partial charge >= 0.3 is 0 Å². The van der Waals surface area contributed by atoms with Gasteiger partial charge in [-0.1, -0.05) is 0 Å². The molecule has 0 unspecified atom stereocenters. The molecule has 2 aromatic heterocycles. The topological polar surface area (TPSA) is 97.6 Å². The monoisotopic (exact) mass is 433 g/mol. The van der Waals surface area contributed by atoms with Crippen molar-refractivity contribution in [1.82, 2.24) is 24.0 Å². The maximum absolute atomic E-state index is 13.2. The van der Waals surface area contributed by atoms with Gasteiger partial charge in [-0.3, -0.25) is 14.5 Å². The number of ether oxygens (including phenoxy) is 1. The minimum absolute atomic E-state index is 0.0235. The number of rotatable bonds is 5. The Labute approximate surface area is 176 Å². The quantitative estimate of drug-likeness (QED) is 0.657. The molecule has 0 bridgehead atoms. The van der Waals surface area contributed by atoms with Crippen LogP contribution in [0.2, 0.25) is 0 Å². The second kappa shape index (κ2) is 7.75. The number of carbonyl (C=O) groups excluding carboxylic acids is 1. The zero-order valence-corrected chi connectivity index (χ0v) is 18.5. The van der Waals surface area contributed by atoms with E-state index in [4.69, 9.17) is 4.74 Å². The number of carbonyl (C=O) groups is 1. The van der Waals surface area contributed by atoms with Gasteiger partial charge < -0.3 is 9.64 Å². The predicted octanol–water partition coefficient (Wildman–Crippen LogP) is 1.18. The van der Waals surface area contributed by atoms with Gasteiger partial charge in [-0.2, -0.15) is 9.40 Å². The van der Waals surface area contributed by atoms with E-state index in [2.05, 4.69) is 10.1 Å². The number of hydrogen-bond acceptors (Lipinski definition) is 6. The summed E-state index contributed by atoms with van der Waals surface area (Å²) >= 11 is 0. The lowest BCUT2D eigenvalue weighted by atomic mass is 9.87. The van der Waals surface area contributed by atoms with E-state index < -0.39 is 16.1 Å². The summed E-state index contributed by atoms with van der Waals surface area (Å²) in [7, 11) is -0.333. The largest absolute Gasteiger partial charge is 0.369 e. The van der Waals surface area contributed by atoms with Crippen LogP contribution in [0.3, 0.4) is 0 Å². The lowest BCUT2D eigenvalue weighted by molar-refractivity contribution is -0.178. The van der Waals surface area contributed by atoms with Gasteiger partial charge in [0.15, 0.2) is 6.10 Å². The van der Waals surface area contributed by atoms with Gasteiger partial charge in [-0.05, 0) is 44.4 Å².